The molecule has 1 amide bonds. The molecule has 1 atom stereocenters. The second-order valence-corrected chi connectivity index (χ2v) is 5.70. The molecule has 0 radical (unpaired) electrons. The van der Waals surface area contributed by atoms with Gasteiger partial charge in [0, 0.05) is 12.1 Å². The van der Waals surface area contributed by atoms with Gasteiger partial charge >= 0.3 is 0 Å². The zero-order chi connectivity index (χ0) is 14.4. The average molecular weight is 331 g/mol. The van der Waals surface area contributed by atoms with E-state index >= 15 is 0 Å². The van der Waals surface area contributed by atoms with Crippen LogP contribution in [0.2, 0.25) is 0 Å². The third-order valence-corrected chi connectivity index (χ3v) is 3.67. The molecule has 0 heterocycles. The Kier molecular flexibility index (Phi) is 6.45. The molecule has 5 heteroatoms. The van der Waals surface area contributed by atoms with Gasteiger partial charge in [0.1, 0.15) is 5.82 Å². The highest BCUT2D eigenvalue weighted by molar-refractivity contribution is 9.10. The summed E-state index contributed by atoms with van der Waals surface area (Å²) >= 11 is 3.11. The first-order valence-electron chi connectivity index (χ1n) is 6.39. The molecule has 0 aliphatic carbocycles. The summed E-state index contributed by atoms with van der Waals surface area (Å²) in [6, 6.07) is 2.99. The molecule has 1 unspecified atom stereocenters. The molecule has 0 bridgehead atoms. The molecule has 0 aliphatic heterocycles. The van der Waals surface area contributed by atoms with Crippen LogP contribution in [0.5, 0.6) is 0 Å². The highest BCUT2D eigenvalue weighted by Crippen LogP contribution is 2.24. The molecule has 0 saturated heterocycles. The molecule has 0 spiro atoms. The number of anilines is 1. The van der Waals surface area contributed by atoms with E-state index in [9.17, 15) is 9.18 Å². The van der Waals surface area contributed by atoms with Crippen molar-refractivity contribution in [1.29, 1.82) is 0 Å². The predicted molar refractivity (Wildman–Crippen MR) is 79.5 cm³/mol. The van der Waals surface area contributed by atoms with Gasteiger partial charge in [0.25, 0.3) is 0 Å². The van der Waals surface area contributed by atoms with E-state index in [-0.39, 0.29) is 11.7 Å². The van der Waals surface area contributed by atoms with E-state index in [1.54, 1.807) is 13.0 Å². The third kappa shape index (κ3) is 5.28. The summed E-state index contributed by atoms with van der Waals surface area (Å²) in [6.45, 7) is 4.49. The highest BCUT2D eigenvalue weighted by atomic mass is 79.9. The van der Waals surface area contributed by atoms with Crippen LogP contribution in [-0.4, -0.2) is 12.5 Å². The maximum Gasteiger partial charge on any atom is 0.224 e. The first-order chi connectivity index (χ1) is 8.93. The lowest BCUT2D eigenvalue weighted by molar-refractivity contribution is -0.116. The average Bonchev–Trinajstić information content (AvgIpc) is 2.34. The van der Waals surface area contributed by atoms with Crippen LogP contribution >= 0.6 is 15.9 Å². The molecule has 1 aromatic rings. The molecule has 0 aromatic heterocycles. The molecule has 0 saturated carbocycles. The van der Waals surface area contributed by atoms with Crippen LogP contribution in [-0.2, 0) is 4.79 Å². The van der Waals surface area contributed by atoms with Gasteiger partial charge < -0.3 is 11.1 Å². The Morgan fingerprint density at radius 3 is 2.79 bits per heavy atom. The summed E-state index contributed by atoms with van der Waals surface area (Å²) in [5.74, 6) is 0.0642. The number of rotatable bonds is 6. The van der Waals surface area contributed by atoms with Gasteiger partial charge in [0.05, 0.1) is 4.47 Å². The number of carbonyl (C=O) groups excluding carboxylic acids is 1. The molecular weight excluding hydrogens is 311 g/mol. The van der Waals surface area contributed by atoms with Crippen LogP contribution in [0.1, 0.15) is 31.7 Å². The van der Waals surface area contributed by atoms with Gasteiger partial charge in [-0.1, -0.05) is 6.92 Å². The fourth-order valence-corrected chi connectivity index (χ4v) is 2.14. The molecule has 0 fully saturated rings. The van der Waals surface area contributed by atoms with Gasteiger partial charge in [-0.25, -0.2) is 4.39 Å². The third-order valence-electron chi connectivity index (χ3n) is 3.07. The number of aryl methyl sites for hydroxylation is 1. The summed E-state index contributed by atoms with van der Waals surface area (Å²) in [6.07, 6.45) is 2.19. The Balaban J connectivity index is 2.55. The molecule has 19 heavy (non-hydrogen) atoms. The van der Waals surface area contributed by atoms with Crippen LogP contribution in [0.4, 0.5) is 10.1 Å². The molecule has 3 N–H and O–H groups in total. The summed E-state index contributed by atoms with van der Waals surface area (Å²) in [7, 11) is 0. The molecule has 0 aliphatic rings. The second-order valence-electron chi connectivity index (χ2n) is 4.85. The van der Waals surface area contributed by atoms with E-state index in [0.717, 1.165) is 12.8 Å². The fourth-order valence-electron chi connectivity index (χ4n) is 1.80. The Bertz CT molecular complexity index is 451. The van der Waals surface area contributed by atoms with Crippen LogP contribution in [0.15, 0.2) is 16.6 Å². The molecular formula is C14H20BrFN2O. The highest BCUT2D eigenvalue weighted by Gasteiger charge is 2.10. The van der Waals surface area contributed by atoms with Gasteiger partial charge in [-0.15, -0.1) is 0 Å². The van der Waals surface area contributed by atoms with Crippen molar-refractivity contribution in [1.82, 2.24) is 0 Å². The first kappa shape index (κ1) is 16.1. The van der Waals surface area contributed by atoms with Crippen molar-refractivity contribution < 1.29 is 9.18 Å². The number of carbonyl (C=O) groups is 1. The number of hydrogen-bond donors (Lipinski definition) is 2. The monoisotopic (exact) mass is 330 g/mol. The summed E-state index contributed by atoms with van der Waals surface area (Å²) in [5, 5.41) is 2.81. The summed E-state index contributed by atoms with van der Waals surface area (Å²) in [4.78, 5) is 11.8. The van der Waals surface area contributed by atoms with Crippen molar-refractivity contribution in [2.24, 2.45) is 11.7 Å². The quantitative estimate of drug-likeness (QED) is 0.837. The number of benzene rings is 1. The number of amides is 1. The molecule has 1 rings (SSSR count). The van der Waals surface area contributed by atoms with E-state index in [1.807, 2.05) is 0 Å². The first-order valence-corrected chi connectivity index (χ1v) is 7.19. The van der Waals surface area contributed by atoms with Crippen molar-refractivity contribution in [3.8, 4) is 0 Å². The Morgan fingerprint density at radius 2 is 2.16 bits per heavy atom. The largest absolute Gasteiger partial charge is 0.330 e. The van der Waals surface area contributed by atoms with E-state index in [1.165, 1.54) is 6.07 Å². The lowest BCUT2D eigenvalue weighted by Gasteiger charge is -2.12. The molecule has 106 valence electrons. The van der Waals surface area contributed by atoms with E-state index in [2.05, 4.69) is 28.2 Å². The van der Waals surface area contributed by atoms with Gasteiger partial charge in [0.2, 0.25) is 5.91 Å². The van der Waals surface area contributed by atoms with Crippen molar-refractivity contribution in [2.75, 3.05) is 11.9 Å². The van der Waals surface area contributed by atoms with Crippen molar-refractivity contribution in [3.63, 3.8) is 0 Å². The minimum absolute atomic E-state index is 0.0505. The van der Waals surface area contributed by atoms with Crippen LogP contribution in [0, 0.1) is 18.7 Å². The minimum atomic E-state index is -0.327. The maximum atomic E-state index is 13.3. The van der Waals surface area contributed by atoms with Crippen LogP contribution < -0.4 is 11.1 Å². The number of nitrogens with two attached hydrogens (primary N) is 1. The SMILES string of the molecule is Cc1cc(F)c(Br)cc1NC(=O)CCC(C)CCN. The lowest BCUT2D eigenvalue weighted by Crippen LogP contribution is -2.14. The predicted octanol–water partition coefficient (Wildman–Crippen LogP) is 3.60. The smallest absolute Gasteiger partial charge is 0.224 e. The van der Waals surface area contributed by atoms with Crippen molar-refractivity contribution in [3.05, 3.63) is 28.0 Å². The summed E-state index contributed by atoms with van der Waals surface area (Å²) in [5.41, 5.74) is 6.82. The second kappa shape index (κ2) is 7.60. The summed E-state index contributed by atoms with van der Waals surface area (Å²) < 4.78 is 13.6. The van der Waals surface area contributed by atoms with Gasteiger partial charge in [0.15, 0.2) is 0 Å². The zero-order valence-electron chi connectivity index (χ0n) is 11.3. The zero-order valence-corrected chi connectivity index (χ0v) is 12.9. The normalized spacial score (nSPS) is 12.3. The number of hydrogen-bond acceptors (Lipinski definition) is 2. The van der Waals surface area contributed by atoms with Gasteiger partial charge in [-0.05, 0) is 65.9 Å². The lowest BCUT2D eigenvalue weighted by atomic mass is 10.0. The van der Waals surface area contributed by atoms with E-state index in [0.29, 0.717) is 34.6 Å². The van der Waals surface area contributed by atoms with Gasteiger partial charge in [-0.3, -0.25) is 4.79 Å². The Hall–Kier alpha value is -0.940. The minimum Gasteiger partial charge on any atom is -0.330 e. The van der Waals surface area contributed by atoms with Crippen LogP contribution in [0.25, 0.3) is 0 Å². The fraction of sp³-hybridized carbons (Fsp3) is 0.500. The standard InChI is InChI=1S/C14H20BrFN2O/c1-9(5-6-17)3-4-14(19)18-13-8-11(15)12(16)7-10(13)2/h7-9H,3-6,17H2,1-2H3,(H,18,19). The van der Waals surface area contributed by atoms with Crippen molar-refractivity contribution in [2.45, 2.75) is 33.1 Å². The maximum absolute atomic E-state index is 13.3. The molecule has 1 aromatic carbocycles. The van der Waals surface area contributed by atoms with E-state index in [4.69, 9.17) is 5.73 Å². The number of halogens is 2. The Labute approximate surface area is 121 Å². The van der Waals surface area contributed by atoms with Crippen LogP contribution in [0.3, 0.4) is 0 Å². The topological polar surface area (TPSA) is 55.1 Å². The Morgan fingerprint density at radius 1 is 1.47 bits per heavy atom. The molecule has 3 nitrogen and oxygen atoms in total. The van der Waals surface area contributed by atoms with Crippen molar-refractivity contribution >= 4 is 27.5 Å². The van der Waals surface area contributed by atoms with E-state index < -0.39 is 0 Å². The number of nitrogens with one attached hydrogen (secondary N) is 1. The van der Waals surface area contributed by atoms with Gasteiger partial charge in [-0.2, -0.15) is 0 Å².